The first kappa shape index (κ1) is 13.3. The summed E-state index contributed by atoms with van der Waals surface area (Å²) in [6.07, 6.45) is 4.44. The van der Waals surface area contributed by atoms with Crippen molar-refractivity contribution in [1.29, 1.82) is 0 Å². The Labute approximate surface area is 121 Å². The summed E-state index contributed by atoms with van der Waals surface area (Å²) < 4.78 is 1.87. The van der Waals surface area contributed by atoms with Crippen LogP contribution in [0.4, 0.5) is 0 Å². The monoisotopic (exact) mass is 287 g/mol. The molecule has 0 radical (unpaired) electrons. The predicted octanol–water partition coefficient (Wildman–Crippen LogP) is 3.06. The Morgan fingerprint density at radius 2 is 2.15 bits per heavy atom. The Balaban J connectivity index is 1.66. The maximum atomic E-state index is 12.0. The standard InChI is InChI=1S/C16H17NO2S/c18-14(15-7-3-11-20-15)6-2-10-17-13-5-1-4-12(13)8-9-16(17)19/h3,7-9,11H,1-2,4-6,10H2. The van der Waals surface area contributed by atoms with Crippen LogP contribution in [0, 0.1) is 0 Å². The number of hydrogen-bond acceptors (Lipinski definition) is 3. The molecule has 3 rings (SSSR count). The highest BCUT2D eigenvalue weighted by Gasteiger charge is 2.15. The number of fused-ring (bicyclic) bond motifs is 1. The van der Waals surface area contributed by atoms with E-state index in [0.717, 1.165) is 30.6 Å². The van der Waals surface area contributed by atoms with Gasteiger partial charge in [-0.15, -0.1) is 11.3 Å². The maximum absolute atomic E-state index is 12.0. The minimum Gasteiger partial charge on any atom is -0.312 e. The number of rotatable bonds is 5. The average molecular weight is 287 g/mol. The number of carbonyl (C=O) groups excluding carboxylic acids is 1. The molecular formula is C16H17NO2S. The van der Waals surface area contributed by atoms with E-state index in [1.54, 1.807) is 6.07 Å². The van der Waals surface area contributed by atoms with E-state index in [0.29, 0.717) is 13.0 Å². The van der Waals surface area contributed by atoms with Gasteiger partial charge in [0, 0.05) is 24.7 Å². The summed E-state index contributed by atoms with van der Waals surface area (Å²) in [6, 6.07) is 7.37. The Hall–Kier alpha value is -1.68. The fourth-order valence-electron chi connectivity index (χ4n) is 2.84. The molecule has 0 amide bonds. The maximum Gasteiger partial charge on any atom is 0.250 e. The average Bonchev–Trinajstić information content (AvgIpc) is 3.10. The molecule has 3 nitrogen and oxygen atoms in total. The van der Waals surface area contributed by atoms with E-state index in [1.807, 2.05) is 28.1 Å². The van der Waals surface area contributed by atoms with Crippen LogP contribution < -0.4 is 5.56 Å². The lowest BCUT2D eigenvalue weighted by Gasteiger charge is -2.11. The van der Waals surface area contributed by atoms with Crippen LogP contribution in [0.25, 0.3) is 0 Å². The van der Waals surface area contributed by atoms with Crippen LogP contribution in [0.15, 0.2) is 34.4 Å². The molecule has 2 heterocycles. The van der Waals surface area contributed by atoms with Gasteiger partial charge in [-0.3, -0.25) is 9.59 Å². The Morgan fingerprint density at radius 1 is 1.25 bits per heavy atom. The van der Waals surface area contributed by atoms with Crippen LogP contribution in [0.2, 0.25) is 0 Å². The van der Waals surface area contributed by atoms with Crippen LogP contribution in [0.3, 0.4) is 0 Å². The second-order valence-electron chi connectivity index (χ2n) is 5.15. The summed E-state index contributed by atoms with van der Waals surface area (Å²) in [5.41, 5.74) is 2.55. The smallest absolute Gasteiger partial charge is 0.250 e. The number of ketones is 1. The third-order valence-electron chi connectivity index (χ3n) is 3.83. The minimum atomic E-state index is 0.0641. The molecule has 1 aliphatic rings. The van der Waals surface area contributed by atoms with Gasteiger partial charge in [-0.1, -0.05) is 12.1 Å². The second-order valence-corrected chi connectivity index (χ2v) is 6.10. The Morgan fingerprint density at radius 3 is 2.95 bits per heavy atom. The number of aryl methyl sites for hydroxylation is 1. The molecule has 1 aliphatic carbocycles. The van der Waals surface area contributed by atoms with Gasteiger partial charge in [0.05, 0.1) is 4.88 Å². The number of aromatic nitrogens is 1. The molecule has 0 unspecified atom stereocenters. The fraction of sp³-hybridized carbons (Fsp3) is 0.375. The molecule has 0 spiro atoms. The van der Waals surface area contributed by atoms with Crippen molar-refractivity contribution in [3.05, 3.63) is 56.1 Å². The molecule has 2 aromatic heterocycles. The predicted molar refractivity (Wildman–Crippen MR) is 80.6 cm³/mol. The van der Waals surface area contributed by atoms with Crippen molar-refractivity contribution in [2.75, 3.05) is 0 Å². The van der Waals surface area contributed by atoms with Crippen molar-refractivity contribution in [3.63, 3.8) is 0 Å². The molecule has 104 valence electrons. The van der Waals surface area contributed by atoms with Crippen molar-refractivity contribution in [3.8, 4) is 0 Å². The van der Waals surface area contributed by atoms with Gasteiger partial charge < -0.3 is 4.57 Å². The number of Topliss-reactive ketones (excluding diaryl/α,β-unsaturated/α-hetero) is 1. The fourth-order valence-corrected chi connectivity index (χ4v) is 3.53. The number of nitrogens with zero attached hydrogens (tertiary/aromatic N) is 1. The van der Waals surface area contributed by atoms with Crippen LogP contribution in [0.1, 0.15) is 40.2 Å². The van der Waals surface area contributed by atoms with Crippen molar-refractivity contribution < 1.29 is 4.79 Å². The van der Waals surface area contributed by atoms with Gasteiger partial charge in [0.1, 0.15) is 0 Å². The molecule has 0 aliphatic heterocycles. The van der Waals surface area contributed by atoms with Crippen LogP contribution >= 0.6 is 11.3 Å². The highest BCUT2D eigenvalue weighted by Crippen LogP contribution is 2.20. The summed E-state index contributed by atoms with van der Waals surface area (Å²) in [7, 11) is 0. The van der Waals surface area contributed by atoms with E-state index in [1.165, 1.54) is 22.6 Å². The summed E-state index contributed by atoms with van der Waals surface area (Å²) >= 11 is 1.48. The van der Waals surface area contributed by atoms with Crippen LogP contribution in [-0.2, 0) is 19.4 Å². The zero-order valence-electron chi connectivity index (χ0n) is 11.3. The Bertz CT molecular complexity index is 670. The van der Waals surface area contributed by atoms with Gasteiger partial charge >= 0.3 is 0 Å². The van der Waals surface area contributed by atoms with Gasteiger partial charge in [-0.05, 0) is 42.7 Å². The SMILES string of the molecule is O=C(CCCn1c2c(ccc1=O)CCC2)c1cccs1. The second kappa shape index (κ2) is 5.75. The molecule has 0 N–H and O–H groups in total. The lowest BCUT2D eigenvalue weighted by molar-refractivity contribution is 0.0982. The summed E-state index contributed by atoms with van der Waals surface area (Å²) in [4.78, 5) is 24.7. The molecule has 4 heteroatoms. The lowest BCUT2D eigenvalue weighted by atomic mass is 10.1. The molecule has 0 saturated carbocycles. The highest BCUT2D eigenvalue weighted by atomic mass is 32.1. The van der Waals surface area contributed by atoms with Crippen LogP contribution in [0.5, 0.6) is 0 Å². The van der Waals surface area contributed by atoms with Gasteiger partial charge in [0.15, 0.2) is 5.78 Å². The number of pyridine rings is 1. The number of carbonyl (C=O) groups is 1. The Kier molecular flexibility index (Phi) is 3.83. The van der Waals surface area contributed by atoms with Gasteiger partial charge in [-0.2, -0.15) is 0 Å². The van der Waals surface area contributed by atoms with E-state index in [2.05, 4.69) is 0 Å². The third kappa shape index (κ3) is 2.61. The lowest BCUT2D eigenvalue weighted by Crippen LogP contribution is -2.23. The van der Waals surface area contributed by atoms with Crippen molar-refractivity contribution in [2.45, 2.75) is 38.6 Å². The third-order valence-corrected chi connectivity index (χ3v) is 4.74. The van der Waals surface area contributed by atoms with Crippen molar-refractivity contribution in [1.82, 2.24) is 4.57 Å². The summed E-state index contributed by atoms with van der Waals surface area (Å²) in [5, 5.41) is 1.92. The summed E-state index contributed by atoms with van der Waals surface area (Å²) in [6.45, 7) is 0.652. The molecule has 0 aromatic carbocycles. The first-order valence-electron chi connectivity index (χ1n) is 7.04. The van der Waals surface area contributed by atoms with E-state index in [-0.39, 0.29) is 11.3 Å². The number of hydrogen-bond donors (Lipinski definition) is 0. The number of thiophene rings is 1. The van der Waals surface area contributed by atoms with Crippen molar-refractivity contribution in [2.24, 2.45) is 0 Å². The van der Waals surface area contributed by atoms with Gasteiger partial charge in [0.25, 0.3) is 5.56 Å². The van der Waals surface area contributed by atoms with Gasteiger partial charge in [-0.25, -0.2) is 0 Å². The largest absolute Gasteiger partial charge is 0.312 e. The summed E-state index contributed by atoms with van der Waals surface area (Å²) in [5.74, 6) is 0.181. The molecule has 0 bridgehead atoms. The highest BCUT2D eigenvalue weighted by molar-refractivity contribution is 7.12. The van der Waals surface area contributed by atoms with Gasteiger partial charge in [0.2, 0.25) is 0 Å². The topological polar surface area (TPSA) is 39.1 Å². The first-order chi connectivity index (χ1) is 9.75. The van der Waals surface area contributed by atoms with E-state index < -0.39 is 0 Å². The zero-order valence-corrected chi connectivity index (χ0v) is 12.1. The molecule has 2 aromatic rings. The zero-order chi connectivity index (χ0) is 13.9. The minimum absolute atomic E-state index is 0.0641. The van der Waals surface area contributed by atoms with E-state index in [9.17, 15) is 9.59 Å². The van der Waals surface area contributed by atoms with E-state index in [4.69, 9.17) is 0 Å². The quantitative estimate of drug-likeness (QED) is 0.793. The molecule has 0 fully saturated rings. The molecule has 0 saturated heterocycles. The molecule has 20 heavy (non-hydrogen) atoms. The first-order valence-corrected chi connectivity index (χ1v) is 7.92. The van der Waals surface area contributed by atoms with E-state index >= 15 is 0 Å². The van der Waals surface area contributed by atoms with Crippen LogP contribution in [-0.4, -0.2) is 10.4 Å². The normalized spacial score (nSPS) is 13.4. The van der Waals surface area contributed by atoms with Crippen molar-refractivity contribution >= 4 is 17.1 Å². The molecule has 0 atom stereocenters. The molecular weight excluding hydrogens is 270 g/mol.